The van der Waals surface area contributed by atoms with E-state index in [-0.39, 0.29) is 5.91 Å². The van der Waals surface area contributed by atoms with Gasteiger partial charge in [-0.2, -0.15) is 4.98 Å². The molecular formula is C22H24ClN5O2. The number of benzene rings is 2. The van der Waals surface area contributed by atoms with Crippen LogP contribution in [-0.4, -0.2) is 53.7 Å². The highest BCUT2D eigenvalue weighted by Gasteiger charge is 2.23. The van der Waals surface area contributed by atoms with Crippen LogP contribution in [0.3, 0.4) is 0 Å². The Balaban J connectivity index is 1.30. The van der Waals surface area contributed by atoms with E-state index in [4.69, 9.17) is 16.1 Å². The Labute approximate surface area is 180 Å². The minimum Gasteiger partial charge on any atom is -0.325 e. The molecule has 1 aliphatic rings. The summed E-state index contributed by atoms with van der Waals surface area (Å²) in [4.78, 5) is 21.1. The minimum absolute atomic E-state index is 0.00498. The average Bonchev–Trinajstić information content (AvgIpc) is 3.25. The van der Waals surface area contributed by atoms with E-state index in [0.717, 1.165) is 49.4 Å². The first kappa shape index (κ1) is 20.4. The fourth-order valence-corrected chi connectivity index (χ4v) is 3.72. The largest absolute Gasteiger partial charge is 0.325 e. The highest BCUT2D eigenvalue weighted by molar-refractivity contribution is 6.30. The number of nitrogens with zero attached hydrogens (tertiary/aromatic N) is 4. The van der Waals surface area contributed by atoms with Crippen LogP contribution in [0.2, 0.25) is 5.02 Å². The van der Waals surface area contributed by atoms with Gasteiger partial charge in [0.1, 0.15) is 0 Å². The van der Waals surface area contributed by atoms with Gasteiger partial charge >= 0.3 is 6.01 Å². The van der Waals surface area contributed by atoms with Crippen molar-refractivity contribution in [1.29, 1.82) is 0 Å². The molecule has 1 aromatic heterocycles. The average molecular weight is 426 g/mol. The van der Waals surface area contributed by atoms with Gasteiger partial charge in [-0.1, -0.05) is 54.0 Å². The van der Waals surface area contributed by atoms with Gasteiger partial charge in [0.15, 0.2) is 0 Å². The van der Waals surface area contributed by atoms with Gasteiger partial charge in [-0.15, -0.1) is 0 Å². The maximum absolute atomic E-state index is 12.5. The molecule has 2 aromatic carbocycles. The lowest BCUT2D eigenvalue weighted by Gasteiger charge is -2.33. The molecule has 1 amide bonds. The maximum Gasteiger partial charge on any atom is 0.324 e. The molecule has 1 aliphatic heterocycles. The Hall–Kier alpha value is -2.90. The van der Waals surface area contributed by atoms with Gasteiger partial charge in [0.25, 0.3) is 0 Å². The third kappa shape index (κ3) is 4.80. The van der Waals surface area contributed by atoms with E-state index in [1.165, 1.54) is 0 Å². The van der Waals surface area contributed by atoms with Gasteiger partial charge in [0, 0.05) is 42.5 Å². The molecule has 3 aromatic rings. The van der Waals surface area contributed by atoms with Gasteiger partial charge in [-0.25, -0.2) is 0 Å². The molecule has 7 nitrogen and oxygen atoms in total. The number of rotatable bonds is 6. The number of para-hydroxylation sites is 1. The van der Waals surface area contributed by atoms with Crippen LogP contribution in [0, 0.1) is 0 Å². The molecule has 0 unspecified atom stereocenters. The Kier molecular flexibility index (Phi) is 6.30. The van der Waals surface area contributed by atoms with Crippen molar-refractivity contribution in [1.82, 2.24) is 15.0 Å². The zero-order valence-corrected chi connectivity index (χ0v) is 17.6. The number of carbonyl (C=O) groups is 1. The van der Waals surface area contributed by atoms with Gasteiger partial charge in [-0.05, 0) is 30.2 Å². The smallest absolute Gasteiger partial charge is 0.324 e. The Morgan fingerprint density at radius 3 is 2.70 bits per heavy atom. The summed E-state index contributed by atoms with van der Waals surface area (Å²) in [5, 5.41) is 7.73. The summed E-state index contributed by atoms with van der Waals surface area (Å²) in [6.45, 7) is 5.38. The van der Waals surface area contributed by atoms with Crippen LogP contribution in [0.5, 0.6) is 0 Å². The highest BCUT2D eigenvalue weighted by atomic mass is 35.5. The fraction of sp³-hybridized carbons (Fsp3) is 0.318. The third-order valence-corrected chi connectivity index (χ3v) is 5.42. The maximum atomic E-state index is 12.5. The summed E-state index contributed by atoms with van der Waals surface area (Å²) in [7, 11) is 0. The van der Waals surface area contributed by atoms with E-state index < -0.39 is 0 Å². The predicted molar refractivity (Wildman–Crippen MR) is 118 cm³/mol. The van der Waals surface area contributed by atoms with Crippen LogP contribution in [0.4, 0.5) is 11.7 Å². The van der Waals surface area contributed by atoms with Crippen molar-refractivity contribution in [3.63, 3.8) is 0 Å². The number of aryl methyl sites for hydroxylation is 1. The van der Waals surface area contributed by atoms with E-state index in [1.54, 1.807) is 0 Å². The molecule has 0 radical (unpaired) electrons. The van der Waals surface area contributed by atoms with Crippen LogP contribution in [0.15, 0.2) is 53.1 Å². The standard InChI is InChI=1S/C22H24ClN5O2/c1-2-16-6-3-4-9-19(16)24-20(29)15-27-10-12-28(13-11-27)22-25-21(26-30-22)17-7-5-8-18(23)14-17/h3-9,14H,2,10-13,15H2,1H3,(H,24,29). The molecule has 4 rings (SSSR count). The number of halogens is 1. The Morgan fingerprint density at radius 2 is 1.93 bits per heavy atom. The number of hydrogen-bond donors (Lipinski definition) is 1. The molecule has 1 N–H and O–H groups in total. The van der Waals surface area contributed by atoms with Crippen molar-refractivity contribution in [2.24, 2.45) is 0 Å². The number of carbonyl (C=O) groups excluding carboxylic acids is 1. The molecule has 0 saturated carbocycles. The number of piperazine rings is 1. The molecule has 2 heterocycles. The summed E-state index contributed by atoms with van der Waals surface area (Å²) in [5.41, 5.74) is 2.85. The number of aromatic nitrogens is 2. The summed E-state index contributed by atoms with van der Waals surface area (Å²) in [6.07, 6.45) is 0.885. The van der Waals surface area contributed by atoms with Crippen LogP contribution in [0.25, 0.3) is 11.4 Å². The molecule has 1 saturated heterocycles. The highest BCUT2D eigenvalue weighted by Crippen LogP contribution is 2.23. The Bertz CT molecular complexity index is 1010. The first-order valence-corrected chi connectivity index (χ1v) is 10.4. The normalized spacial score (nSPS) is 14.7. The molecule has 8 heteroatoms. The second kappa shape index (κ2) is 9.28. The van der Waals surface area contributed by atoms with Crippen molar-refractivity contribution in [2.75, 3.05) is 42.9 Å². The lowest BCUT2D eigenvalue weighted by atomic mass is 10.1. The molecule has 156 valence electrons. The zero-order chi connectivity index (χ0) is 20.9. The van der Waals surface area contributed by atoms with E-state index in [0.29, 0.717) is 23.4 Å². The van der Waals surface area contributed by atoms with Crippen molar-refractivity contribution in [3.8, 4) is 11.4 Å². The van der Waals surface area contributed by atoms with Crippen LogP contribution in [-0.2, 0) is 11.2 Å². The molecule has 1 fully saturated rings. The first-order valence-electron chi connectivity index (χ1n) is 10.1. The van der Waals surface area contributed by atoms with Gasteiger partial charge in [0.2, 0.25) is 11.7 Å². The van der Waals surface area contributed by atoms with E-state index in [1.807, 2.05) is 53.4 Å². The summed E-state index contributed by atoms with van der Waals surface area (Å²) >= 11 is 6.04. The summed E-state index contributed by atoms with van der Waals surface area (Å²) < 4.78 is 5.44. The summed E-state index contributed by atoms with van der Waals surface area (Å²) in [6, 6.07) is 15.8. The third-order valence-electron chi connectivity index (χ3n) is 5.18. The number of nitrogens with one attached hydrogen (secondary N) is 1. The SMILES string of the molecule is CCc1ccccc1NC(=O)CN1CCN(c2nc(-c3cccc(Cl)c3)no2)CC1. The minimum atomic E-state index is 0.00498. The molecule has 30 heavy (non-hydrogen) atoms. The molecular weight excluding hydrogens is 402 g/mol. The molecule has 0 bridgehead atoms. The summed E-state index contributed by atoms with van der Waals surface area (Å²) in [5.74, 6) is 0.522. The zero-order valence-electron chi connectivity index (χ0n) is 16.8. The molecule has 0 spiro atoms. The van der Waals surface area contributed by atoms with E-state index >= 15 is 0 Å². The van der Waals surface area contributed by atoms with Gasteiger partial charge in [0.05, 0.1) is 6.54 Å². The van der Waals surface area contributed by atoms with E-state index in [2.05, 4.69) is 27.3 Å². The lowest BCUT2D eigenvalue weighted by molar-refractivity contribution is -0.117. The van der Waals surface area contributed by atoms with Crippen molar-refractivity contribution >= 4 is 29.2 Å². The topological polar surface area (TPSA) is 74.5 Å². The van der Waals surface area contributed by atoms with E-state index in [9.17, 15) is 4.79 Å². The second-order valence-corrected chi connectivity index (χ2v) is 7.67. The Morgan fingerprint density at radius 1 is 1.13 bits per heavy atom. The predicted octanol–water partition coefficient (Wildman–Crippen LogP) is 3.71. The van der Waals surface area contributed by atoms with Crippen molar-refractivity contribution < 1.29 is 9.32 Å². The first-order chi connectivity index (χ1) is 14.6. The fourth-order valence-electron chi connectivity index (χ4n) is 3.53. The molecule has 0 atom stereocenters. The number of amides is 1. The molecule has 0 aliphatic carbocycles. The quantitative estimate of drug-likeness (QED) is 0.648. The lowest BCUT2D eigenvalue weighted by Crippen LogP contribution is -2.48. The van der Waals surface area contributed by atoms with Gasteiger partial charge in [-0.3, -0.25) is 9.69 Å². The van der Waals surface area contributed by atoms with Crippen molar-refractivity contribution in [3.05, 3.63) is 59.1 Å². The van der Waals surface area contributed by atoms with Crippen LogP contribution in [0.1, 0.15) is 12.5 Å². The number of anilines is 2. The number of hydrogen-bond acceptors (Lipinski definition) is 6. The van der Waals surface area contributed by atoms with Crippen LogP contribution < -0.4 is 10.2 Å². The van der Waals surface area contributed by atoms with Gasteiger partial charge < -0.3 is 14.7 Å². The van der Waals surface area contributed by atoms with Crippen LogP contribution >= 0.6 is 11.6 Å². The van der Waals surface area contributed by atoms with Crippen molar-refractivity contribution in [2.45, 2.75) is 13.3 Å². The monoisotopic (exact) mass is 425 g/mol. The second-order valence-electron chi connectivity index (χ2n) is 7.23.